The molecule has 2 aliphatic rings. The van der Waals surface area contributed by atoms with E-state index in [-0.39, 0.29) is 6.03 Å². The Morgan fingerprint density at radius 2 is 2.19 bits per heavy atom. The Hall–Kier alpha value is -1.71. The number of nitrogens with one attached hydrogen (secondary N) is 1. The molecule has 2 atom stereocenters. The first-order valence-corrected chi connectivity index (χ1v) is 5.63. The van der Waals surface area contributed by atoms with Crippen molar-refractivity contribution in [2.75, 3.05) is 25.0 Å². The molecule has 4 heteroatoms. The summed E-state index contributed by atoms with van der Waals surface area (Å²) in [5, 5.41) is 3.41. The fraction of sp³-hybridized carbons (Fsp3) is 0.417. The van der Waals surface area contributed by atoms with Crippen LogP contribution in [0.4, 0.5) is 10.5 Å². The van der Waals surface area contributed by atoms with E-state index in [1.807, 2.05) is 6.07 Å². The molecule has 0 spiro atoms. The van der Waals surface area contributed by atoms with Crippen LogP contribution in [0.1, 0.15) is 11.5 Å². The molecule has 2 heterocycles. The molecule has 0 radical (unpaired) electrons. The van der Waals surface area contributed by atoms with Crippen LogP contribution in [0.2, 0.25) is 0 Å². The predicted octanol–water partition coefficient (Wildman–Crippen LogP) is 1.21. The van der Waals surface area contributed by atoms with Gasteiger partial charge in [-0.1, -0.05) is 18.2 Å². The molecule has 1 aromatic rings. The zero-order valence-corrected chi connectivity index (χ0v) is 9.02. The second kappa shape index (κ2) is 3.40. The molecular weight excluding hydrogens is 202 g/mol. The molecule has 0 bridgehead atoms. The van der Waals surface area contributed by atoms with Crippen molar-refractivity contribution < 1.29 is 4.79 Å². The van der Waals surface area contributed by atoms with Gasteiger partial charge in [-0.05, 0) is 11.6 Å². The Balaban J connectivity index is 1.93. The maximum absolute atomic E-state index is 11.2. The van der Waals surface area contributed by atoms with Crippen molar-refractivity contribution in [3.63, 3.8) is 0 Å². The topological polar surface area (TPSA) is 58.4 Å². The van der Waals surface area contributed by atoms with Gasteiger partial charge in [-0.25, -0.2) is 4.79 Å². The van der Waals surface area contributed by atoms with E-state index in [4.69, 9.17) is 5.73 Å². The van der Waals surface area contributed by atoms with Gasteiger partial charge in [0.2, 0.25) is 0 Å². The quantitative estimate of drug-likeness (QED) is 0.686. The van der Waals surface area contributed by atoms with E-state index < -0.39 is 0 Å². The molecule has 1 saturated heterocycles. The van der Waals surface area contributed by atoms with Crippen LogP contribution in [0.25, 0.3) is 0 Å². The zero-order valence-electron chi connectivity index (χ0n) is 9.02. The van der Waals surface area contributed by atoms with Gasteiger partial charge in [-0.3, -0.25) is 0 Å². The molecule has 3 N–H and O–H groups in total. The summed E-state index contributed by atoms with van der Waals surface area (Å²) in [6.45, 7) is 2.48. The highest BCUT2D eigenvalue weighted by atomic mass is 16.2. The second-order valence-corrected chi connectivity index (χ2v) is 4.58. The standard InChI is InChI=1S/C12H15N3O/c13-12(16)15-6-8-5-14-11-4-2-1-3-9(11)10(8)7-15/h1-4,8,10,14H,5-7H2,(H2,13,16)/t8-,10-/m0/s1. The minimum Gasteiger partial charge on any atom is -0.384 e. The first-order chi connectivity index (χ1) is 7.75. The summed E-state index contributed by atoms with van der Waals surface area (Å²) in [6.07, 6.45) is 0. The number of urea groups is 1. The van der Waals surface area contributed by atoms with Crippen molar-refractivity contribution in [1.82, 2.24) is 4.90 Å². The van der Waals surface area contributed by atoms with Gasteiger partial charge in [0.15, 0.2) is 0 Å². The van der Waals surface area contributed by atoms with E-state index in [9.17, 15) is 4.79 Å². The summed E-state index contributed by atoms with van der Waals surface area (Å²) in [5.41, 5.74) is 7.86. The molecule has 0 unspecified atom stereocenters. The van der Waals surface area contributed by atoms with Crippen LogP contribution >= 0.6 is 0 Å². The number of likely N-dealkylation sites (tertiary alicyclic amines) is 1. The highest BCUT2D eigenvalue weighted by molar-refractivity contribution is 5.73. The van der Waals surface area contributed by atoms with Crippen LogP contribution in [-0.2, 0) is 0 Å². The maximum atomic E-state index is 11.2. The van der Waals surface area contributed by atoms with Crippen molar-refractivity contribution in [2.24, 2.45) is 11.7 Å². The molecule has 4 nitrogen and oxygen atoms in total. The number of carbonyl (C=O) groups is 1. The summed E-state index contributed by atoms with van der Waals surface area (Å²) >= 11 is 0. The summed E-state index contributed by atoms with van der Waals surface area (Å²) < 4.78 is 0. The number of para-hydroxylation sites is 1. The third kappa shape index (κ3) is 1.33. The average Bonchev–Trinajstić information content (AvgIpc) is 2.73. The van der Waals surface area contributed by atoms with Gasteiger partial charge in [0.25, 0.3) is 0 Å². The smallest absolute Gasteiger partial charge is 0.314 e. The average molecular weight is 217 g/mol. The predicted molar refractivity (Wildman–Crippen MR) is 62.3 cm³/mol. The van der Waals surface area contributed by atoms with E-state index in [0.29, 0.717) is 11.8 Å². The largest absolute Gasteiger partial charge is 0.384 e. The van der Waals surface area contributed by atoms with Gasteiger partial charge in [0, 0.05) is 37.2 Å². The van der Waals surface area contributed by atoms with Crippen LogP contribution < -0.4 is 11.1 Å². The zero-order chi connectivity index (χ0) is 11.1. The van der Waals surface area contributed by atoms with Gasteiger partial charge in [-0.15, -0.1) is 0 Å². The lowest BCUT2D eigenvalue weighted by Crippen LogP contribution is -2.34. The minimum atomic E-state index is -0.299. The lowest BCUT2D eigenvalue weighted by molar-refractivity contribution is 0.217. The Morgan fingerprint density at radius 3 is 3.00 bits per heavy atom. The number of benzene rings is 1. The summed E-state index contributed by atoms with van der Waals surface area (Å²) in [4.78, 5) is 12.9. The summed E-state index contributed by atoms with van der Waals surface area (Å²) in [5.74, 6) is 0.951. The SMILES string of the molecule is NC(=O)N1C[C@@H]2CNc3ccccc3[C@H]2C1. The maximum Gasteiger partial charge on any atom is 0.314 e. The first-order valence-electron chi connectivity index (χ1n) is 5.63. The fourth-order valence-electron chi connectivity index (χ4n) is 2.83. The number of hydrogen-bond acceptors (Lipinski definition) is 2. The third-order valence-corrected chi connectivity index (χ3v) is 3.67. The van der Waals surface area contributed by atoms with Gasteiger partial charge >= 0.3 is 6.03 Å². The Bertz CT molecular complexity index is 432. The lowest BCUT2D eigenvalue weighted by Gasteiger charge is -2.28. The van der Waals surface area contributed by atoms with Gasteiger partial charge in [0.05, 0.1) is 0 Å². The lowest BCUT2D eigenvalue weighted by atomic mass is 9.85. The van der Waals surface area contributed by atoms with E-state index >= 15 is 0 Å². The van der Waals surface area contributed by atoms with Crippen molar-refractivity contribution in [2.45, 2.75) is 5.92 Å². The number of carbonyl (C=O) groups excluding carboxylic acids is 1. The van der Waals surface area contributed by atoms with Crippen LogP contribution in [0, 0.1) is 5.92 Å². The third-order valence-electron chi connectivity index (χ3n) is 3.67. The first kappa shape index (κ1) is 9.51. The Kier molecular flexibility index (Phi) is 2.02. The van der Waals surface area contributed by atoms with Crippen molar-refractivity contribution in [3.05, 3.63) is 29.8 Å². The van der Waals surface area contributed by atoms with Crippen molar-refractivity contribution in [1.29, 1.82) is 0 Å². The van der Waals surface area contributed by atoms with Gasteiger partial charge in [-0.2, -0.15) is 0 Å². The molecule has 2 amide bonds. The number of anilines is 1. The minimum absolute atomic E-state index is 0.299. The fourth-order valence-corrected chi connectivity index (χ4v) is 2.83. The number of nitrogens with zero attached hydrogens (tertiary/aromatic N) is 1. The van der Waals surface area contributed by atoms with E-state index in [0.717, 1.165) is 19.6 Å². The van der Waals surface area contributed by atoms with E-state index in [1.54, 1.807) is 4.90 Å². The molecule has 1 aromatic carbocycles. The number of rotatable bonds is 0. The van der Waals surface area contributed by atoms with Crippen molar-refractivity contribution in [3.8, 4) is 0 Å². The monoisotopic (exact) mass is 217 g/mol. The normalized spacial score (nSPS) is 26.9. The number of fused-ring (bicyclic) bond motifs is 3. The highest BCUT2D eigenvalue weighted by Gasteiger charge is 2.38. The molecule has 0 aromatic heterocycles. The summed E-state index contributed by atoms with van der Waals surface area (Å²) in [6, 6.07) is 8.03. The molecule has 16 heavy (non-hydrogen) atoms. The molecule has 2 aliphatic heterocycles. The van der Waals surface area contributed by atoms with Gasteiger partial charge < -0.3 is 16.0 Å². The van der Waals surface area contributed by atoms with Crippen LogP contribution in [0.15, 0.2) is 24.3 Å². The number of amides is 2. The molecule has 0 aliphatic carbocycles. The molecule has 1 fully saturated rings. The second-order valence-electron chi connectivity index (χ2n) is 4.58. The van der Waals surface area contributed by atoms with Crippen molar-refractivity contribution >= 4 is 11.7 Å². The summed E-state index contributed by atoms with van der Waals surface area (Å²) in [7, 11) is 0. The van der Waals surface area contributed by atoms with Gasteiger partial charge in [0.1, 0.15) is 0 Å². The highest BCUT2D eigenvalue weighted by Crippen LogP contribution is 2.39. The number of nitrogens with two attached hydrogens (primary N) is 1. The van der Waals surface area contributed by atoms with E-state index in [2.05, 4.69) is 23.5 Å². The molecule has 3 rings (SSSR count). The molecule has 0 saturated carbocycles. The van der Waals surface area contributed by atoms with Crippen LogP contribution in [-0.4, -0.2) is 30.6 Å². The van der Waals surface area contributed by atoms with E-state index in [1.165, 1.54) is 11.3 Å². The Labute approximate surface area is 94.4 Å². The number of hydrogen-bond donors (Lipinski definition) is 2. The Morgan fingerprint density at radius 1 is 1.38 bits per heavy atom. The number of primary amides is 1. The van der Waals surface area contributed by atoms with Crippen LogP contribution in [0.3, 0.4) is 0 Å². The molecule has 84 valence electrons. The molecular formula is C12H15N3O. The van der Waals surface area contributed by atoms with Crippen LogP contribution in [0.5, 0.6) is 0 Å².